The fourth-order valence-corrected chi connectivity index (χ4v) is 3.16. The number of carbonyl (C=O) groups is 2. The number of nitrogens with one attached hydrogen (secondary N) is 1. The summed E-state index contributed by atoms with van der Waals surface area (Å²) in [5.41, 5.74) is 7.10. The molecule has 7 nitrogen and oxygen atoms in total. The summed E-state index contributed by atoms with van der Waals surface area (Å²) < 4.78 is 2.06. The van der Waals surface area contributed by atoms with Crippen LogP contribution < -0.4 is 11.1 Å². The normalized spacial score (nSPS) is 10.6. The third-order valence-electron chi connectivity index (χ3n) is 3.26. The lowest BCUT2D eigenvalue weighted by Gasteiger charge is -2.09. The number of imide groups is 1. The number of aryl methyl sites for hydroxylation is 1. The molecule has 0 atom stereocenters. The van der Waals surface area contributed by atoms with Crippen molar-refractivity contribution in [1.29, 1.82) is 0 Å². The summed E-state index contributed by atoms with van der Waals surface area (Å²) in [6, 6.07) is 7.29. The van der Waals surface area contributed by atoms with Crippen molar-refractivity contribution in [1.82, 2.24) is 20.1 Å². The van der Waals surface area contributed by atoms with E-state index in [1.54, 1.807) is 0 Å². The van der Waals surface area contributed by atoms with Gasteiger partial charge in [0.2, 0.25) is 5.91 Å². The van der Waals surface area contributed by atoms with Crippen molar-refractivity contribution in [3.63, 3.8) is 0 Å². The van der Waals surface area contributed by atoms with E-state index >= 15 is 0 Å². The van der Waals surface area contributed by atoms with Gasteiger partial charge in [-0.15, -0.1) is 10.2 Å². The number of nitrogens with zero attached hydrogens (tertiary/aromatic N) is 3. The molecule has 8 heteroatoms. The van der Waals surface area contributed by atoms with Gasteiger partial charge in [-0.05, 0) is 19.4 Å². The van der Waals surface area contributed by atoms with Gasteiger partial charge in [0.15, 0.2) is 11.0 Å². The molecule has 0 fully saturated rings. The number of amides is 3. The first-order valence-electron chi connectivity index (χ1n) is 7.73. The van der Waals surface area contributed by atoms with Gasteiger partial charge in [0.25, 0.3) is 0 Å². The minimum Gasteiger partial charge on any atom is -0.351 e. The number of hydrogen-bond donors (Lipinski definition) is 2. The maximum atomic E-state index is 11.5. The molecule has 0 saturated carbocycles. The molecular formula is C16H21N5O2S. The zero-order valence-corrected chi connectivity index (χ0v) is 14.6. The Morgan fingerprint density at radius 3 is 2.79 bits per heavy atom. The highest BCUT2D eigenvalue weighted by Gasteiger charge is 2.14. The number of urea groups is 1. The third-order valence-corrected chi connectivity index (χ3v) is 4.23. The van der Waals surface area contributed by atoms with Crippen LogP contribution in [0.25, 0.3) is 11.4 Å². The van der Waals surface area contributed by atoms with Crippen molar-refractivity contribution in [2.24, 2.45) is 5.73 Å². The summed E-state index contributed by atoms with van der Waals surface area (Å²) in [7, 11) is 0. The summed E-state index contributed by atoms with van der Waals surface area (Å²) in [6.07, 6.45) is 1.14. The van der Waals surface area contributed by atoms with Crippen molar-refractivity contribution in [3.05, 3.63) is 29.8 Å². The molecular weight excluding hydrogens is 326 g/mol. The van der Waals surface area contributed by atoms with E-state index in [9.17, 15) is 9.59 Å². The quantitative estimate of drug-likeness (QED) is 0.748. The molecule has 24 heavy (non-hydrogen) atoms. The van der Waals surface area contributed by atoms with E-state index in [1.807, 2.05) is 30.4 Å². The van der Waals surface area contributed by atoms with Gasteiger partial charge < -0.3 is 10.3 Å². The third kappa shape index (κ3) is 4.82. The molecule has 0 unspecified atom stereocenters. The number of aromatic nitrogens is 3. The summed E-state index contributed by atoms with van der Waals surface area (Å²) in [5.74, 6) is 0.925. The number of thioether (sulfide) groups is 1. The maximum Gasteiger partial charge on any atom is 0.318 e. The zero-order valence-electron chi connectivity index (χ0n) is 13.8. The second-order valence-electron chi connectivity index (χ2n) is 5.34. The molecule has 2 rings (SSSR count). The van der Waals surface area contributed by atoms with E-state index < -0.39 is 11.9 Å². The smallest absolute Gasteiger partial charge is 0.318 e. The lowest BCUT2D eigenvalue weighted by Crippen LogP contribution is -2.35. The van der Waals surface area contributed by atoms with Gasteiger partial charge in [0, 0.05) is 24.3 Å². The Morgan fingerprint density at radius 1 is 1.33 bits per heavy atom. The van der Waals surface area contributed by atoms with Gasteiger partial charge in [-0.2, -0.15) is 0 Å². The van der Waals surface area contributed by atoms with Crippen LogP contribution in [0.2, 0.25) is 0 Å². The first-order valence-corrected chi connectivity index (χ1v) is 8.72. The molecule has 2 aromatic rings. The summed E-state index contributed by atoms with van der Waals surface area (Å²) in [6.45, 7) is 4.93. The van der Waals surface area contributed by atoms with Crippen LogP contribution in [0.15, 0.2) is 29.4 Å². The number of rotatable bonds is 7. The van der Waals surface area contributed by atoms with Crippen molar-refractivity contribution in [2.45, 2.75) is 38.4 Å². The molecule has 0 aliphatic carbocycles. The first kappa shape index (κ1) is 18.0. The molecule has 0 aliphatic heterocycles. The molecule has 3 amide bonds. The highest BCUT2D eigenvalue weighted by Crippen LogP contribution is 2.25. The van der Waals surface area contributed by atoms with Crippen LogP contribution in [-0.4, -0.2) is 32.5 Å². The molecule has 0 aliphatic rings. The molecule has 1 aromatic carbocycles. The lowest BCUT2D eigenvalue weighted by molar-refractivity contribution is -0.119. The predicted octanol–water partition coefficient (Wildman–Crippen LogP) is 2.34. The van der Waals surface area contributed by atoms with Crippen molar-refractivity contribution in [3.8, 4) is 11.4 Å². The molecule has 128 valence electrons. The Labute approximate surface area is 145 Å². The molecule has 0 radical (unpaired) electrons. The molecule has 0 spiro atoms. The van der Waals surface area contributed by atoms with Crippen LogP contribution in [-0.2, 0) is 11.3 Å². The summed E-state index contributed by atoms with van der Waals surface area (Å²) in [5, 5.41) is 11.4. The highest BCUT2D eigenvalue weighted by atomic mass is 32.2. The van der Waals surface area contributed by atoms with E-state index in [0.29, 0.717) is 5.75 Å². The Hall–Kier alpha value is -2.35. The fourth-order valence-electron chi connectivity index (χ4n) is 2.25. The topological polar surface area (TPSA) is 103 Å². The van der Waals surface area contributed by atoms with Gasteiger partial charge in [-0.25, -0.2) is 4.79 Å². The predicted molar refractivity (Wildman–Crippen MR) is 93.6 cm³/mol. The van der Waals surface area contributed by atoms with Crippen molar-refractivity contribution < 1.29 is 9.59 Å². The maximum absolute atomic E-state index is 11.5. The van der Waals surface area contributed by atoms with E-state index in [1.165, 1.54) is 11.8 Å². The number of carbonyl (C=O) groups excluding carboxylic acids is 2. The van der Waals surface area contributed by atoms with Gasteiger partial charge >= 0.3 is 6.03 Å². The number of nitrogens with two attached hydrogens (primary N) is 1. The fraction of sp³-hybridized carbons (Fsp3) is 0.375. The number of hydrogen-bond acceptors (Lipinski definition) is 5. The van der Waals surface area contributed by atoms with Gasteiger partial charge in [0.1, 0.15) is 0 Å². The Kier molecular flexibility index (Phi) is 6.36. The van der Waals surface area contributed by atoms with Gasteiger partial charge in [-0.1, -0.05) is 42.4 Å². The van der Waals surface area contributed by atoms with Crippen molar-refractivity contribution >= 4 is 23.7 Å². The lowest BCUT2D eigenvalue weighted by atomic mass is 10.1. The molecule has 0 bridgehead atoms. The standard InChI is InChI=1S/C16H21N5O2S/c1-3-8-21-14(12-6-4-5-11(2)10-12)19-20-16(21)24-9-7-13(22)18-15(17)23/h4-6,10H,3,7-9H2,1-2H3,(H3,17,18,22,23). The second-order valence-corrected chi connectivity index (χ2v) is 6.40. The van der Waals surface area contributed by atoms with E-state index in [0.717, 1.165) is 35.1 Å². The van der Waals surface area contributed by atoms with Crippen molar-refractivity contribution in [2.75, 3.05) is 5.75 Å². The van der Waals surface area contributed by atoms with Crippen LogP contribution in [0, 0.1) is 6.92 Å². The van der Waals surface area contributed by atoms with Crippen LogP contribution in [0.5, 0.6) is 0 Å². The summed E-state index contributed by atoms with van der Waals surface area (Å²) in [4.78, 5) is 22.1. The highest BCUT2D eigenvalue weighted by molar-refractivity contribution is 7.99. The molecule has 3 N–H and O–H groups in total. The van der Waals surface area contributed by atoms with E-state index in [-0.39, 0.29) is 6.42 Å². The zero-order chi connectivity index (χ0) is 17.5. The monoisotopic (exact) mass is 347 g/mol. The van der Waals surface area contributed by atoms with Gasteiger partial charge in [0.05, 0.1) is 0 Å². The van der Waals surface area contributed by atoms with E-state index in [4.69, 9.17) is 5.73 Å². The molecule has 0 saturated heterocycles. The first-order chi connectivity index (χ1) is 11.5. The average molecular weight is 347 g/mol. The van der Waals surface area contributed by atoms with Gasteiger partial charge in [-0.3, -0.25) is 10.1 Å². The van der Waals surface area contributed by atoms with Crippen LogP contribution >= 0.6 is 11.8 Å². The van der Waals surface area contributed by atoms with Crippen LogP contribution in [0.4, 0.5) is 4.79 Å². The average Bonchev–Trinajstić information content (AvgIpc) is 2.90. The SMILES string of the molecule is CCCn1c(SCCC(=O)NC(N)=O)nnc1-c1cccc(C)c1. The number of primary amides is 1. The van der Waals surface area contributed by atoms with E-state index in [2.05, 4.69) is 27.8 Å². The Balaban J connectivity index is 2.10. The Bertz CT molecular complexity index is 729. The molecule has 1 heterocycles. The summed E-state index contributed by atoms with van der Waals surface area (Å²) >= 11 is 1.44. The number of benzene rings is 1. The van der Waals surface area contributed by atoms with Crippen LogP contribution in [0.1, 0.15) is 25.3 Å². The largest absolute Gasteiger partial charge is 0.351 e. The molecule has 1 aromatic heterocycles. The minimum absolute atomic E-state index is 0.187. The second kappa shape index (κ2) is 8.49. The Morgan fingerprint density at radius 2 is 2.12 bits per heavy atom. The minimum atomic E-state index is -0.833. The van der Waals surface area contributed by atoms with Crippen LogP contribution in [0.3, 0.4) is 0 Å².